The number of hydrogen-bond acceptors (Lipinski definition) is 5. The van der Waals surface area contributed by atoms with Gasteiger partial charge in [-0.2, -0.15) is 0 Å². The Morgan fingerprint density at radius 3 is 1.53 bits per heavy atom. The van der Waals surface area contributed by atoms with Crippen molar-refractivity contribution in [2.75, 3.05) is 26.3 Å². The summed E-state index contributed by atoms with van der Waals surface area (Å²) < 4.78 is 0. The Balaban J connectivity index is 0. The van der Waals surface area contributed by atoms with E-state index >= 15 is 0 Å². The fraction of sp³-hybridized carbons (Fsp3) is 0.913. The molecule has 1 unspecified atom stereocenters. The minimum atomic E-state index is -1.23. The van der Waals surface area contributed by atoms with Crippen molar-refractivity contribution in [2.45, 2.75) is 103 Å². The maximum atomic E-state index is 12.5. The van der Waals surface area contributed by atoms with Crippen LogP contribution < -0.4 is 56.5 Å². The number of carbonyl (C=O) groups excluding carboxylic acids is 2. The molecular formula is C23H44KNO5. The molecule has 0 aliphatic heterocycles. The van der Waals surface area contributed by atoms with Crippen molar-refractivity contribution in [1.82, 2.24) is 4.90 Å². The van der Waals surface area contributed by atoms with Crippen LogP contribution in [0.4, 0.5) is 0 Å². The van der Waals surface area contributed by atoms with Crippen molar-refractivity contribution in [3.8, 4) is 0 Å². The van der Waals surface area contributed by atoms with Crippen LogP contribution in [0.15, 0.2) is 0 Å². The first-order chi connectivity index (χ1) is 14.1. The Labute approximate surface area is 226 Å². The summed E-state index contributed by atoms with van der Waals surface area (Å²) in [5.74, 6) is -2.17. The molecule has 0 aromatic heterocycles. The van der Waals surface area contributed by atoms with E-state index in [9.17, 15) is 14.7 Å². The minimum Gasteiger partial charge on any atom is -0.550 e. The molecule has 0 aliphatic carbocycles. The van der Waals surface area contributed by atoms with Crippen molar-refractivity contribution in [3.05, 3.63) is 0 Å². The van der Waals surface area contributed by atoms with Gasteiger partial charge in [-0.25, -0.2) is 0 Å². The van der Waals surface area contributed by atoms with Gasteiger partial charge in [0, 0.05) is 25.0 Å². The van der Waals surface area contributed by atoms with Gasteiger partial charge in [0.2, 0.25) is 5.91 Å². The molecule has 0 radical (unpaired) electrons. The number of aliphatic hydroxyl groups excluding tert-OH is 2. The van der Waals surface area contributed by atoms with Crippen molar-refractivity contribution in [3.63, 3.8) is 0 Å². The molecule has 6 nitrogen and oxygen atoms in total. The minimum absolute atomic E-state index is 0. The van der Waals surface area contributed by atoms with E-state index < -0.39 is 11.9 Å². The average Bonchev–Trinajstić information content (AvgIpc) is 2.69. The number of amides is 1. The Morgan fingerprint density at radius 2 is 1.17 bits per heavy atom. The normalized spacial score (nSPS) is 11.7. The van der Waals surface area contributed by atoms with E-state index in [1.165, 1.54) is 69.1 Å². The monoisotopic (exact) mass is 453 g/mol. The first-order valence-corrected chi connectivity index (χ1v) is 11.8. The summed E-state index contributed by atoms with van der Waals surface area (Å²) in [7, 11) is 0. The van der Waals surface area contributed by atoms with Crippen LogP contribution in [0.2, 0.25) is 0 Å². The van der Waals surface area contributed by atoms with Crippen molar-refractivity contribution in [1.29, 1.82) is 0 Å². The van der Waals surface area contributed by atoms with Crippen LogP contribution in [-0.4, -0.2) is 53.3 Å². The van der Waals surface area contributed by atoms with Gasteiger partial charge >= 0.3 is 51.4 Å². The summed E-state index contributed by atoms with van der Waals surface area (Å²) >= 11 is 0. The summed E-state index contributed by atoms with van der Waals surface area (Å²) in [6.45, 7) is 2.05. The first-order valence-electron chi connectivity index (χ1n) is 11.8. The number of carbonyl (C=O) groups is 2. The quantitative estimate of drug-likeness (QED) is 0.189. The average molecular weight is 454 g/mol. The van der Waals surface area contributed by atoms with E-state index in [2.05, 4.69) is 6.92 Å². The summed E-state index contributed by atoms with van der Waals surface area (Å²) in [5.41, 5.74) is 0. The Hall–Kier alpha value is 0.496. The van der Waals surface area contributed by atoms with Gasteiger partial charge < -0.3 is 25.0 Å². The Morgan fingerprint density at radius 1 is 0.767 bits per heavy atom. The zero-order valence-corrected chi connectivity index (χ0v) is 22.7. The van der Waals surface area contributed by atoms with Crippen LogP contribution >= 0.6 is 0 Å². The Kier molecular flexibility index (Phi) is 26.3. The molecule has 1 atom stereocenters. The summed E-state index contributed by atoms with van der Waals surface area (Å²) in [6.07, 6.45) is 16.3. The smallest absolute Gasteiger partial charge is 0.550 e. The molecule has 0 bridgehead atoms. The van der Waals surface area contributed by atoms with Gasteiger partial charge in [-0.15, -0.1) is 0 Å². The first kappa shape index (κ1) is 32.7. The molecule has 0 fully saturated rings. The molecule has 7 heteroatoms. The molecule has 30 heavy (non-hydrogen) atoms. The summed E-state index contributed by atoms with van der Waals surface area (Å²) in [5, 5.41) is 29.1. The number of carboxylic acids is 1. The number of nitrogens with zero attached hydrogens (tertiary/aromatic N) is 1. The van der Waals surface area contributed by atoms with Gasteiger partial charge in [0.25, 0.3) is 0 Å². The van der Waals surface area contributed by atoms with Crippen LogP contribution in [0.1, 0.15) is 103 Å². The van der Waals surface area contributed by atoms with Gasteiger partial charge in [-0.3, -0.25) is 4.79 Å². The van der Waals surface area contributed by atoms with E-state index in [1.54, 1.807) is 0 Å². The van der Waals surface area contributed by atoms with E-state index in [0.29, 0.717) is 6.42 Å². The molecule has 172 valence electrons. The molecule has 0 spiro atoms. The number of unbranched alkanes of at least 4 members (excludes halogenated alkanes) is 12. The molecule has 0 aromatic carbocycles. The SMILES string of the molecule is CCCCCCCCCCCCCCCC(CC(=O)[O-])C(=O)N(CCO)CCO.[K+]. The maximum Gasteiger partial charge on any atom is 1.00 e. The van der Waals surface area contributed by atoms with Crippen molar-refractivity contribution >= 4 is 11.9 Å². The molecule has 1 amide bonds. The molecule has 2 N–H and O–H groups in total. The number of rotatable bonds is 21. The van der Waals surface area contributed by atoms with Crippen LogP contribution in [0, 0.1) is 5.92 Å². The van der Waals surface area contributed by atoms with Crippen molar-refractivity contribution in [2.24, 2.45) is 5.92 Å². The predicted octanol–water partition coefficient (Wildman–Crippen LogP) is 0.0411. The van der Waals surface area contributed by atoms with Gasteiger partial charge in [0.1, 0.15) is 0 Å². The molecule has 0 saturated heterocycles. The summed E-state index contributed by atoms with van der Waals surface area (Å²) in [6, 6.07) is 0. The fourth-order valence-electron chi connectivity index (χ4n) is 3.75. The second-order valence-electron chi connectivity index (χ2n) is 8.08. The van der Waals surface area contributed by atoms with Crippen LogP contribution in [0.25, 0.3) is 0 Å². The third-order valence-corrected chi connectivity index (χ3v) is 5.47. The summed E-state index contributed by atoms with van der Waals surface area (Å²) in [4.78, 5) is 24.9. The maximum absolute atomic E-state index is 12.5. The van der Waals surface area contributed by atoms with E-state index in [-0.39, 0.29) is 90.0 Å². The number of aliphatic carboxylic acids is 1. The fourth-order valence-corrected chi connectivity index (χ4v) is 3.75. The molecule has 0 aliphatic rings. The van der Waals surface area contributed by atoms with E-state index in [4.69, 9.17) is 10.2 Å². The zero-order chi connectivity index (χ0) is 21.7. The third kappa shape index (κ3) is 19.2. The molecule has 0 heterocycles. The van der Waals surface area contributed by atoms with Gasteiger partial charge in [0.05, 0.1) is 13.2 Å². The van der Waals surface area contributed by atoms with Gasteiger partial charge in [-0.1, -0.05) is 90.4 Å². The van der Waals surface area contributed by atoms with Crippen LogP contribution in [0.5, 0.6) is 0 Å². The Bertz CT molecular complexity index is 403. The number of carboxylic acid groups (broad SMARTS) is 1. The predicted molar refractivity (Wildman–Crippen MR) is 114 cm³/mol. The molecular weight excluding hydrogens is 409 g/mol. The van der Waals surface area contributed by atoms with Gasteiger partial charge in [-0.05, 0) is 12.8 Å². The van der Waals surface area contributed by atoms with Crippen molar-refractivity contribution < 1.29 is 76.3 Å². The van der Waals surface area contributed by atoms with Crippen LogP contribution in [0.3, 0.4) is 0 Å². The number of aliphatic hydroxyl groups is 2. The third-order valence-electron chi connectivity index (χ3n) is 5.47. The standard InChI is InChI=1S/C23H45NO5.K/c1-2-3-4-5-6-7-8-9-10-11-12-13-14-15-21(20-22(27)28)23(29)24(16-18-25)17-19-26;/h21,25-26H,2-20H2,1H3,(H,27,28);/q;+1/p-1. The molecule has 0 aromatic rings. The largest absolute Gasteiger partial charge is 1.00 e. The topological polar surface area (TPSA) is 101 Å². The van der Waals surface area contributed by atoms with E-state index in [0.717, 1.165) is 19.3 Å². The van der Waals surface area contributed by atoms with E-state index in [1.807, 2.05) is 0 Å². The number of hydrogen-bond donors (Lipinski definition) is 2. The second kappa shape index (κ2) is 24.1. The molecule has 0 saturated carbocycles. The second-order valence-corrected chi connectivity index (χ2v) is 8.08. The zero-order valence-electron chi connectivity index (χ0n) is 19.6. The molecule has 0 rings (SSSR count). The van der Waals surface area contributed by atoms with Gasteiger partial charge in [0.15, 0.2) is 0 Å². The van der Waals surface area contributed by atoms with Crippen LogP contribution in [-0.2, 0) is 9.59 Å².